The van der Waals surface area contributed by atoms with Crippen LogP contribution >= 0.6 is 0 Å². The van der Waals surface area contributed by atoms with Gasteiger partial charge < -0.3 is 10.8 Å². The van der Waals surface area contributed by atoms with Crippen molar-refractivity contribution in [2.45, 2.75) is 58.1 Å². The van der Waals surface area contributed by atoms with E-state index in [0.29, 0.717) is 0 Å². The largest absolute Gasteiger partial charge is 0.392 e. The Labute approximate surface area is 69.8 Å². The SMILES string of the molecule is CCCCCCC(N)C(C)O. The van der Waals surface area contributed by atoms with Gasteiger partial charge in [0.15, 0.2) is 0 Å². The molecule has 0 aromatic heterocycles. The monoisotopic (exact) mass is 159 g/mol. The van der Waals surface area contributed by atoms with Crippen LogP contribution in [-0.2, 0) is 0 Å². The number of hydrogen-bond acceptors (Lipinski definition) is 2. The fourth-order valence-electron chi connectivity index (χ4n) is 1.05. The van der Waals surface area contributed by atoms with Crippen LogP contribution in [0.4, 0.5) is 0 Å². The molecule has 0 aromatic carbocycles. The van der Waals surface area contributed by atoms with Gasteiger partial charge in [0, 0.05) is 6.04 Å². The van der Waals surface area contributed by atoms with Crippen LogP contribution in [0.25, 0.3) is 0 Å². The Hall–Kier alpha value is -0.0800. The predicted octanol–water partition coefficient (Wildman–Crippen LogP) is 1.66. The molecule has 0 aromatic rings. The summed E-state index contributed by atoms with van der Waals surface area (Å²) in [5, 5.41) is 9.05. The summed E-state index contributed by atoms with van der Waals surface area (Å²) in [5.41, 5.74) is 5.65. The van der Waals surface area contributed by atoms with Gasteiger partial charge in [0.1, 0.15) is 0 Å². The Kier molecular flexibility index (Phi) is 6.57. The molecular formula is C9H21NO. The maximum atomic E-state index is 9.05. The maximum absolute atomic E-state index is 9.05. The smallest absolute Gasteiger partial charge is 0.0662 e. The van der Waals surface area contributed by atoms with Crippen molar-refractivity contribution in [2.24, 2.45) is 5.73 Å². The molecule has 3 N–H and O–H groups in total. The lowest BCUT2D eigenvalue weighted by Crippen LogP contribution is -2.31. The summed E-state index contributed by atoms with van der Waals surface area (Å²) in [7, 11) is 0. The number of aliphatic hydroxyl groups is 1. The van der Waals surface area contributed by atoms with Crippen molar-refractivity contribution < 1.29 is 5.11 Å². The van der Waals surface area contributed by atoms with E-state index in [1.54, 1.807) is 6.92 Å². The van der Waals surface area contributed by atoms with Gasteiger partial charge in [-0.25, -0.2) is 0 Å². The molecule has 0 aliphatic heterocycles. The topological polar surface area (TPSA) is 46.2 Å². The average Bonchev–Trinajstić information content (AvgIpc) is 1.97. The van der Waals surface area contributed by atoms with Crippen molar-refractivity contribution in [3.8, 4) is 0 Å². The Morgan fingerprint density at radius 1 is 1.27 bits per heavy atom. The van der Waals surface area contributed by atoms with Crippen molar-refractivity contribution in [3.05, 3.63) is 0 Å². The molecule has 0 aliphatic rings. The minimum Gasteiger partial charge on any atom is -0.392 e. The van der Waals surface area contributed by atoms with E-state index >= 15 is 0 Å². The van der Waals surface area contributed by atoms with Crippen LogP contribution in [0.3, 0.4) is 0 Å². The second kappa shape index (κ2) is 6.62. The molecule has 0 saturated carbocycles. The molecule has 11 heavy (non-hydrogen) atoms. The fraction of sp³-hybridized carbons (Fsp3) is 1.00. The average molecular weight is 159 g/mol. The highest BCUT2D eigenvalue weighted by Crippen LogP contribution is 2.06. The van der Waals surface area contributed by atoms with Crippen LogP contribution in [0.15, 0.2) is 0 Å². The van der Waals surface area contributed by atoms with Gasteiger partial charge in [-0.1, -0.05) is 32.6 Å². The van der Waals surface area contributed by atoms with Crippen molar-refractivity contribution in [1.29, 1.82) is 0 Å². The molecule has 2 heteroatoms. The van der Waals surface area contributed by atoms with E-state index in [2.05, 4.69) is 6.92 Å². The summed E-state index contributed by atoms with van der Waals surface area (Å²) in [5.74, 6) is 0. The Balaban J connectivity index is 3.10. The van der Waals surface area contributed by atoms with Gasteiger partial charge in [-0.3, -0.25) is 0 Å². The highest BCUT2D eigenvalue weighted by molar-refractivity contribution is 4.66. The molecule has 0 heterocycles. The molecule has 68 valence electrons. The highest BCUT2D eigenvalue weighted by Gasteiger charge is 2.07. The molecule has 2 unspecified atom stereocenters. The molecule has 2 atom stereocenters. The first kappa shape index (κ1) is 10.9. The molecule has 0 rings (SSSR count). The third kappa shape index (κ3) is 6.32. The second-order valence-corrected chi connectivity index (χ2v) is 3.25. The van der Waals surface area contributed by atoms with Gasteiger partial charge in [0.25, 0.3) is 0 Å². The molecule has 2 nitrogen and oxygen atoms in total. The van der Waals surface area contributed by atoms with Crippen LogP contribution in [0.5, 0.6) is 0 Å². The molecule has 0 bridgehead atoms. The van der Waals surface area contributed by atoms with E-state index in [9.17, 15) is 0 Å². The number of hydrogen-bond donors (Lipinski definition) is 2. The third-order valence-corrected chi connectivity index (χ3v) is 2.01. The van der Waals surface area contributed by atoms with Crippen LogP contribution < -0.4 is 5.73 Å². The molecule has 0 aliphatic carbocycles. The zero-order valence-electron chi connectivity index (χ0n) is 7.71. The van der Waals surface area contributed by atoms with Crippen LogP contribution in [0.2, 0.25) is 0 Å². The molecule has 0 saturated heterocycles. The van der Waals surface area contributed by atoms with E-state index in [0.717, 1.165) is 12.8 Å². The highest BCUT2D eigenvalue weighted by atomic mass is 16.3. The lowest BCUT2D eigenvalue weighted by molar-refractivity contribution is 0.157. The number of aliphatic hydroxyl groups excluding tert-OH is 1. The van der Waals surface area contributed by atoms with E-state index < -0.39 is 0 Å². The van der Waals surface area contributed by atoms with Crippen molar-refractivity contribution in [1.82, 2.24) is 0 Å². The quantitative estimate of drug-likeness (QED) is 0.579. The molecular weight excluding hydrogens is 138 g/mol. The summed E-state index contributed by atoms with van der Waals surface area (Å²) < 4.78 is 0. The Bertz CT molecular complexity index is 83.6. The summed E-state index contributed by atoms with van der Waals surface area (Å²) in [6, 6.07) is -0.0214. The van der Waals surface area contributed by atoms with E-state index in [1.165, 1.54) is 19.3 Å². The second-order valence-electron chi connectivity index (χ2n) is 3.25. The number of rotatable bonds is 6. The minimum atomic E-state index is -0.350. The van der Waals surface area contributed by atoms with Crippen LogP contribution in [-0.4, -0.2) is 17.3 Å². The summed E-state index contributed by atoms with van der Waals surface area (Å²) >= 11 is 0. The van der Waals surface area contributed by atoms with Gasteiger partial charge in [-0.15, -0.1) is 0 Å². The first-order chi connectivity index (χ1) is 5.18. The standard InChI is InChI=1S/C9H21NO/c1-3-4-5-6-7-9(10)8(2)11/h8-9,11H,3-7,10H2,1-2H3. The van der Waals surface area contributed by atoms with Crippen molar-refractivity contribution in [3.63, 3.8) is 0 Å². The van der Waals surface area contributed by atoms with Crippen LogP contribution in [0, 0.1) is 0 Å². The van der Waals surface area contributed by atoms with Gasteiger partial charge in [0.2, 0.25) is 0 Å². The fourth-order valence-corrected chi connectivity index (χ4v) is 1.05. The maximum Gasteiger partial charge on any atom is 0.0662 e. The number of nitrogens with two attached hydrogens (primary N) is 1. The van der Waals surface area contributed by atoms with Gasteiger partial charge >= 0.3 is 0 Å². The molecule has 0 amide bonds. The molecule has 0 radical (unpaired) electrons. The summed E-state index contributed by atoms with van der Waals surface area (Å²) in [4.78, 5) is 0. The van der Waals surface area contributed by atoms with E-state index in [-0.39, 0.29) is 12.1 Å². The lowest BCUT2D eigenvalue weighted by atomic mass is 10.0. The van der Waals surface area contributed by atoms with Gasteiger partial charge in [0.05, 0.1) is 6.10 Å². The normalized spacial score (nSPS) is 16.4. The first-order valence-corrected chi connectivity index (χ1v) is 4.62. The van der Waals surface area contributed by atoms with Crippen LogP contribution in [0.1, 0.15) is 46.0 Å². The van der Waals surface area contributed by atoms with E-state index in [1.807, 2.05) is 0 Å². The van der Waals surface area contributed by atoms with Gasteiger partial charge in [-0.2, -0.15) is 0 Å². The van der Waals surface area contributed by atoms with E-state index in [4.69, 9.17) is 10.8 Å². The van der Waals surface area contributed by atoms with Crippen molar-refractivity contribution in [2.75, 3.05) is 0 Å². The predicted molar refractivity (Wildman–Crippen MR) is 48.4 cm³/mol. The lowest BCUT2D eigenvalue weighted by Gasteiger charge is -2.13. The number of unbranched alkanes of at least 4 members (excludes halogenated alkanes) is 3. The first-order valence-electron chi connectivity index (χ1n) is 4.62. The minimum absolute atomic E-state index is 0.0214. The Morgan fingerprint density at radius 2 is 1.91 bits per heavy atom. The molecule has 0 spiro atoms. The molecule has 0 fully saturated rings. The van der Waals surface area contributed by atoms with Crippen molar-refractivity contribution >= 4 is 0 Å². The summed E-state index contributed by atoms with van der Waals surface area (Å²) in [6.45, 7) is 3.94. The van der Waals surface area contributed by atoms with Gasteiger partial charge in [-0.05, 0) is 13.3 Å². The zero-order valence-corrected chi connectivity index (χ0v) is 7.71. The zero-order chi connectivity index (χ0) is 8.69. The Morgan fingerprint density at radius 3 is 2.36 bits per heavy atom. The summed E-state index contributed by atoms with van der Waals surface area (Å²) in [6.07, 6.45) is 5.54. The third-order valence-electron chi connectivity index (χ3n) is 2.01.